The Morgan fingerprint density at radius 2 is 1.52 bits per heavy atom. The van der Waals surface area contributed by atoms with Gasteiger partial charge in [0.15, 0.2) is 0 Å². The molecule has 33 heavy (non-hydrogen) atoms. The number of carbonyl (C=O) groups excluding carboxylic acids is 2. The zero-order valence-electron chi connectivity index (χ0n) is 18.6. The summed E-state index contributed by atoms with van der Waals surface area (Å²) >= 11 is 0. The Balaban J connectivity index is 1.79. The molecular weight excluding hydrogens is 420 g/mol. The summed E-state index contributed by atoms with van der Waals surface area (Å²) < 4.78 is 16.2. The van der Waals surface area contributed by atoms with Crippen LogP contribution in [0.1, 0.15) is 12.5 Å². The molecule has 0 aliphatic carbocycles. The number of ether oxygens (including phenoxy) is 3. The molecule has 0 aromatic heterocycles. The van der Waals surface area contributed by atoms with Crippen molar-refractivity contribution in [2.75, 3.05) is 31.0 Å². The van der Waals surface area contributed by atoms with Crippen LogP contribution in [0.4, 0.5) is 11.4 Å². The summed E-state index contributed by atoms with van der Waals surface area (Å²) in [7, 11) is 3.01. The maximum Gasteiger partial charge on any atom is 0.282 e. The first kappa shape index (κ1) is 22.0. The number of nitrogens with zero attached hydrogens (tertiary/aromatic N) is 1. The van der Waals surface area contributed by atoms with Gasteiger partial charge < -0.3 is 19.5 Å². The summed E-state index contributed by atoms with van der Waals surface area (Å²) in [4.78, 5) is 28.3. The second kappa shape index (κ2) is 9.48. The van der Waals surface area contributed by atoms with Crippen LogP contribution < -0.4 is 24.4 Å². The number of amides is 2. The lowest BCUT2D eigenvalue weighted by molar-refractivity contribution is -0.120. The summed E-state index contributed by atoms with van der Waals surface area (Å²) in [6.45, 7) is 2.47. The normalized spacial score (nSPS) is 13.4. The molecule has 168 valence electrons. The van der Waals surface area contributed by atoms with Gasteiger partial charge in [0.1, 0.15) is 22.9 Å². The van der Waals surface area contributed by atoms with Gasteiger partial charge in [0.25, 0.3) is 11.8 Å². The minimum atomic E-state index is -0.487. The summed E-state index contributed by atoms with van der Waals surface area (Å²) in [6.07, 6.45) is 0. The van der Waals surface area contributed by atoms with Crippen LogP contribution in [0, 0.1) is 0 Å². The molecule has 0 saturated heterocycles. The van der Waals surface area contributed by atoms with Gasteiger partial charge in [-0.2, -0.15) is 0 Å². The summed E-state index contributed by atoms with van der Waals surface area (Å²) in [5.74, 6) is 0.662. The zero-order valence-corrected chi connectivity index (χ0v) is 18.6. The van der Waals surface area contributed by atoms with Gasteiger partial charge in [0.05, 0.1) is 32.1 Å². The van der Waals surface area contributed by atoms with Crippen LogP contribution in [0.2, 0.25) is 0 Å². The number of carbonyl (C=O) groups is 2. The zero-order chi connectivity index (χ0) is 23.4. The first-order valence-corrected chi connectivity index (χ1v) is 10.5. The Morgan fingerprint density at radius 1 is 0.818 bits per heavy atom. The van der Waals surface area contributed by atoms with Gasteiger partial charge in [0.2, 0.25) is 0 Å². The van der Waals surface area contributed by atoms with E-state index in [1.165, 1.54) is 14.2 Å². The molecule has 7 heteroatoms. The number of methoxy groups -OCH3 is 2. The van der Waals surface area contributed by atoms with Crippen LogP contribution in [0.25, 0.3) is 5.57 Å². The summed E-state index contributed by atoms with van der Waals surface area (Å²) in [5, 5.41) is 3.14. The van der Waals surface area contributed by atoms with E-state index >= 15 is 0 Å². The molecule has 1 N–H and O–H groups in total. The fourth-order valence-corrected chi connectivity index (χ4v) is 3.65. The smallest absolute Gasteiger partial charge is 0.282 e. The molecule has 0 bridgehead atoms. The monoisotopic (exact) mass is 444 g/mol. The molecule has 3 aromatic carbocycles. The van der Waals surface area contributed by atoms with Crippen LogP contribution in [-0.2, 0) is 9.59 Å². The van der Waals surface area contributed by atoms with Crippen LogP contribution in [0.5, 0.6) is 17.2 Å². The Morgan fingerprint density at radius 3 is 2.15 bits per heavy atom. The number of hydrogen-bond donors (Lipinski definition) is 1. The molecule has 1 aliphatic heterocycles. The maximum atomic E-state index is 13.6. The van der Waals surface area contributed by atoms with Crippen molar-refractivity contribution in [2.24, 2.45) is 0 Å². The topological polar surface area (TPSA) is 77.1 Å². The molecule has 2 amide bonds. The van der Waals surface area contributed by atoms with Crippen molar-refractivity contribution in [3.8, 4) is 17.2 Å². The van der Waals surface area contributed by atoms with Crippen molar-refractivity contribution in [3.05, 3.63) is 84.1 Å². The SMILES string of the molecule is CCOc1ccc(NC2=C(c3ccccc3)C(=O)N(c3cc(OC)ccc3OC)C2=O)cc1. The summed E-state index contributed by atoms with van der Waals surface area (Å²) in [5.41, 5.74) is 2.06. The average molecular weight is 444 g/mol. The van der Waals surface area contributed by atoms with Gasteiger partial charge in [-0.1, -0.05) is 30.3 Å². The van der Waals surface area contributed by atoms with E-state index in [1.807, 2.05) is 25.1 Å². The molecule has 0 fully saturated rings. The van der Waals surface area contributed by atoms with E-state index in [2.05, 4.69) is 5.32 Å². The van der Waals surface area contributed by atoms with Gasteiger partial charge in [-0.15, -0.1) is 0 Å². The first-order valence-electron chi connectivity index (χ1n) is 10.5. The minimum Gasteiger partial charge on any atom is -0.497 e. The van der Waals surface area contributed by atoms with E-state index in [0.29, 0.717) is 35.0 Å². The highest BCUT2D eigenvalue weighted by Crippen LogP contribution is 2.39. The summed E-state index contributed by atoms with van der Waals surface area (Å²) in [6, 6.07) is 21.3. The highest BCUT2D eigenvalue weighted by atomic mass is 16.5. The van der Waals surface area contributed by atoms with Crippen LogP contribution >= 0.6 is 0 Å². The van der Waals surface area contributed by atoms with Crippen LogP contribution in [-0.4, -0.2) is 32.6 Å². The van der Waals surface area contributed by atoms with E-state index in [4.69, 9.17) is 14.2 Å². The highest BCUT2D eigenvalue weighted by molar-refractivity contribution is 6.46. The molecule has 0 radical (unpaired) electrons. The number of hydrogen-bond acceptors (Lipinski definition) is 6. The molecular formula is C26H24N2O5. The lowest BCUT2D eigenvalue weighted by atomic mass is 10.0. The lowest BCUT2D eigenvalue weighted by Gasteiger charge is -2.19. The van der Waals surface area contributed by atoms with Crippen molar-refractivity contribution in [1.82, 2.24) is 0 Å². The van der Waals surface area contributed by atoms with E-state index < -0.39 is 11.8 Å². The maximum absolute atomic E-state index is 13.6. The molecule has 0 spiro atoms. The van der Waals surface area contributed by atoms with Crippen molar-refractivity contribution in [3.63, 3.8) is 0 Å². The van der Waals surface area contributed by atoms with Gasteiger partial charge in [-0.25, -0.2) is 4.90 Å². The number of rotatable bonds is 8. The van der Waals surface area contributed by atoms with E-state index in [9.17, 15) is 9.59 Å². The van der Waals surface area contributed by atoms with Crippen molar-refractivity contribution in [2.45, 2.75) is 6.92 Å². The largest absolute Gasteiger partial charge is 0.497 e. The van der Waals surface area contributed by atoms with E-state index in [-0.39, 0.29) is 11.3 Å². The lowest BCUT2D eigenvalue weighted by Crippen LogP contribution is -2.32. The second-order valence-electron chi connectivity index (χ2n) is 7.18. The van der Waals surface area contributed by atoms with Crippen molar-refractivity contribution >= 4 is 28.8 Å². The number of anilines is 2. The Kier molecular flexibility index (Phi) is 6.31. The Labute approximate surface area is 192 Å². The number of benzene rings is 3. The molecule has 1 heterocycles. The second-order valence-corrected chi connectivity index (χ2v) is 7.18. The molecule has 0 atom stereocenters. The molecule has 4 rings (SSSR count). The van der Waals surface area contributed by atoms with Gasteiger partial charge in [0, 0.05) is 11.8 Å². The molecule has 0 unspecified atom stereocenters. The standard InChI is InChI=1S/C26H24N2O5/c1-4-33-19-12-10-18(11-13-19)27-24-23(17-8-6-5-7-9-17)25(29)28(26(24)30)21-16-20(31-2)14-15-22(21)32-3/h5-16,27H,4H2,1-3H3. The van der Waals surface area contributed by atoms with Crippen molar-refractivity contribution in [1.29, 1.82) is 0 Å². The van der Waals surface area contributed by atoms with Gasteiger partial charge in [-0.3, -0.25) is 9.59 Å². The predicted molar refractivity (Wildman–Crippen MR) is 127 cm³/mol. The predicted octanol–water partition coefficient (Wildman–Crippen LogP) is 4.50. The number of nitrogens with one attached hydrogen (secondary N) is 1. The van der Waals surface area contributed by atoms with Crippen LogP contribution in [0.15, 0.2) is 78.5 Å². The van der Waals surface area contributed by atoms with Gasteiger partial charge in [-0.05, 0) is 48.9 Å². The average Bonchev–Trinajstić information content (AvgIpc) is 3.09. The fourth-order valence-electron chi connectivity index (χ4n) is 3.65. The molecule has 1 aliphatic rings. The molecule has 0 saturated carbocycles. The Hall–Kier alpha value is -4.26. The first-order chi connectivity index (χ1) is 16.1. The minimum absolute atomic E-state index is 0.181. The quantitative estimate of drug-likeness (QED) is 0.516. The van der Waals surface area contributed by atoms with Crippen molar-refractivity contribution < 1.29 is 23.8 Å². The molecule has 7 nitrogen and oxygen atoms in total. The van der Waals surface area contributed by atoms with Gasteiger partial charge >= 0.3 is 0 Å². The highest BCUT2D eigenvalue weighted by Gasteiger charge is 2.41. The third-order valence-corrected chi connectivity index (χ3v) is 5.21. The third kappa shape index (κ3) is 4.25. The number of imide groups is 1. The third-order valence-electron chi connectivity index (χ3n) is 5.21. The van der Waals surface area contributed by atoms with Crippen LogP contribution in [0.3, 0.4) is 0 Å². The van der Waals surface area contributed by atoms with E-state index in [1.54, 1.807) is 54.6 Å². The Bertz CT molecular complexity index is 1200. The van der Waals surface area contributed by atoms with E-state index in [0.717, 1.165) is 10.6 Å². The fraction of sp³-hybridized carbons (Fsp3) is 0.154. The molecule has 3 aromatic rings.